The number of piperidine rings is 1. The maximum Gasteiger partial charge on any atom is 0.410 e. The zero-order valence-electron chi connectivity index (χ0n) is 22.0. The molecule has 0 unspecified atom stereocenters. The van der Waals surface area contributed by atoms with E-state index in [1.807, 2.05) is 39.5 Å². The fourth-order valence-corrected chi connectivity index (χ4v) is 4.96. The predicted molar refractivity (Wildman–Crippen MR) is 129 cm³/mol. The van der Waals surface area contributed by atoms with Gasteiger partial charge >= 0.3 is 12.2 Å². The van der Waals surface area contributed by atoms with Gasteiger partial charge in [-0.15, -0.1) is 0 Å². The number of likely N-dealkylation sites (tertiary alicyclic amines) is 1. The van der Waals surface area contributed by atoms with Crippen LogP contribution in [0.5, 0.6) is 0 Å². The van der Waals surface area contributed by atoms with E-state index >= 15 is 0 Å². The van der Waals surface area contributed by atoms with Crippen LogP contribution in [0.15, 0.2) is 0 Å². The van der Waals surface area contributed by atoms with Crippen molar-refractivity contribution in [3.8, 4) is 0 Å². The van der Waals surface area contributed by atoms with Gasteiger partial charge in [-0.05, 0) is 77.9 Å². The Labute approximate surface area is 196 Å². The molecular weight excluding hydrogens is 424 g/mol. The molecule has 186 valence electrons. The van der Waals surface area contributed by atoms with Crippen molar-refractivity contribution in [2.75, 3.05) is 26.2 Å². The van der Waals surface area contributed by atoms with Crippen LogP contribution < -0.4 is 0 Å². The smallest absolute Gasteiger partial charge is 0.410 e. The lowest BCUT2D eigenvalue weighted by Crippen LogP contribution is -2.50. The third-order valence-corrected chi connectivity index (χ3v) is 11.7. The lowest BCUT2D eigenvalue weighted by atomic mass is 9.92. The maximum atomic E-state index is 12.7. The van der Waals surface area contributed by atoms with Crippen LogP contribution in [0.25, 0.3) is 0 Å². The number of carbonyl (C=O) groups is 2. The van der Waals surface area contributed by atoms with Crippen molar-refractivity contribution in [3.63, 3.8) is 0 Å². The molecule has 8 heteroatoms. The molecule has 2 amide bonds. The highest BCUT2D eigenvalue weighted by Gasteiger charge is 2.49. The van der Waals surface area contributed by atoms with Crippen molar-refractivity contribution in [2.45, 2.75) is 110 Å². The van der Waals surface area contributed by atoms with Crippen molar-refractivity contribution in [1.82, 2.24) is 9.80 Å². The quantitative estimate of drug-likeness (QED) is 0.470. The normalized spacial score (nSPS) is 22.8. The van der Waals surface area contributed by atoms with Gasteiger partial charge in [0.05, 0.1) is 12.6 Å². The van der Waals surface area contributed by atoms with Gasteiger partial charge in [-0.2, -0.15) is 0 Å². The number of carbonyl (C=O) groups excluding carboxylic acids is 2. The molecule has 0 spiro atoms. The first kappa shape index (κ1) is 27.0. The second-order valence-electron chi connectivity index (χ2n) is 12.5. The SMILES string of the molecule is CC(C)(C)OC(=O)N1CCC(CCN2C(=O)OC(C)(C)[C@H]2CO[Si](C)(C)C(C)(C)C)CC1. The van der Waals surface area contributed by atoms with Crippen molar-refractivity contribution in [2.24, 2.45) is 5.92 Å². The first-order valence-corrected chi connectivity index (χ1v) is 15.0. The standard InChI is InChI=1S/C24H46N2O5Si/c1-22(2,3)30-20(27)25-14-11-18(12-15-25)13-16-26-19(24(7,8)31-21(26)28)17-29-32(9,10)23(4,5)6/h18-19H,11-17H2,1-10H3/t19-/m1/s1. The van der Waals surface area contributed by atoms with Crippen LogP contribution in [-0.4, -0.2) is 73.8 Å². The number of hydrogen-bond donors (Lipinski definition) is 0. The summed E-state index contributed by atoms with van der Waals surface area (Å²) in [5, 5.41) is 0.119. The van der Waals surface area contributed by atoms with Crippen molar-refractivity contribution in [3.05, 3.63) is 0 Å². The molecule has 2 rings (SSSR count). The van der Waals surface area contributed by atoms with Gasteiger partial charge < -0.3 is 18.8 Å². The number of hydrogen-bond acceptors (Lipinski definition) is 5. The summed E-state index contributed by atoms with van der Waals surface area (Å²) in [6.07, 6.45) is 2.28. The second kappa shape index (κ2) is 9.53. The average molecular weight is 471 g/mol. The molecule has 2 saturated heterocycles. The molecule has 32 heavy (non-hydrogen) atoms. The third kappa shape index (κ3) is 6.86. The highest BCUT2D eigenvalue weighted by atomic mass is 28.4. The van der Waals surface area contributed by atoms with Crippen molar-refractivity contribution >= 4 is 20.5 Å². The van der Waals surface area contributed by atoms with Gasteiger partial charge in [0, 0.05) is 19.6 Å². The number of cyclic esters (lactones) is 1. The molecule has 0 radical (unpaired) electrons. The molecule has 0 aromatic carbocycles. The second-order valence-corrected chi connectivity index (χ2v) is 17.3. The average Bonchev–Trinajstić information content (AvgIpc) is 2.83. The Kier molecular flexibility index (Phi) is 8.03. The Bertz CT molecular complexity index is 673. The highest BCUT2D eigenvalue weighted by molar-refractivity contribution is 6.74. The van der Waals surface area contributed by atoms with Crippen molar-refractivity contribution < 1.29 is 23.5 Å². The molecule has 2 aliphatic heterocycles. The minimum absolute atomic E-state index is 0.0917. The van der Waals surface area contributed by atoms with Crippen molar-refractivity contribution in [1.29, 1.82) is 0 Å². The van der Waals surface area contributed by atoms with Gasteiger partial charge in [0.15, 0.2) is 8.32 Å². The van der Waals surface area contributed by atoms with Crippen LogP contribution in [0.3, 0.4) is 0 Å². The Hall–Kier alpha value is -1.28. The number of rotatable bonds is 6. The van der Waals surface area contributed by atoms with E-state index in [1.165, 1.54) is 0 Å². The van der Waals surface area contributed by atoms with E-state index in [9.17, 15) is 9.59 Å². The fourth-order valence-electron chi connectivity index (χ4n) is 3.95. The van der Waals surface area contributed by atoms with Gasteiger partial charge in [-0.3, -0.25) is 4.90 Å². The van der Waals surface area contributed by atoms with Crippen LogP contribution in [0.2, 0.25) is 18.1 Å². The van der Waals surface area contributed by atoms with E-state index in [2.05, 4.69) is 33.9 Å². The summed E-state index contributed by atoms with van der Waals surface area (Å²) in [5.74, 6) is 0.479. The van der Waals surface area contributed by atoms with E-state index < -0.39 is 19.5 Å². The number of ether oxygens (including phenoxy) is 2. The van der Waals surface area contributed by atoms with Gasteiger partial charge in [-0.25, -0.2) is 9.59 Å². The summed E-state index contributed by atoms with van der Waals surface area (Å²) in [5.41, 5.74) is -1.04. The fraction of sp³-hybridized carbons (Fsp3) is 0.917. The van der Waals surface area contributed by atoms with E-state index in [0.717, 1.165) is 19.3 Å². The van der Waals surface area contributed by atoms with Crippen LogP contribution in [0, 0.1) is 5.92 Å². The molecular formula is C24H46N2O5Si. The summed E-state index contributed by atoms with van der Waals surface area (Å²) in [7, 11) is -1.92. The third-order valence-electron chi connectivity index (χ3n) is 7.22. The predicted octanol–water partition coefficient (Wildman–Crippen LogP) is 5.64. The molecule has 0 saturated carbocycles. The van der Waals surface area contributed by atoms with E-state index in [0.29, 0.717) is 32.2 Å². The zero-order chi connectivity index (χ0) is 24.5. The molecule has 2 fully saturated rings. The molecule has 7 nitrogen and oxygen atoms in total. The molecule has 0 bridgehead atoms. The molecule has 2 aliphatic rings. The van der Waals surface area contributed by atoms with Crippen LogP contribution in [0.1, 0.15) is 74.7 Å². The van der Waals surface area contributed by atoms with E-state index in [-0.39, 0.29) is 23.3 Å². The van der Waals surface area contributed by atoms with Gasteiger partial charge in [0.1, 0.15) is 11.2 Å². The summed E-state index contributed by atoms with van der Waals surface area (Å²) < 4.78 is 17.7. The number of nitrogens with zero attached hydrogens (tertiary/aromatic N) is 2. The summed E-state index contributed by atoms with van der Waals surface area (Å²) in [6.45, 7) is 23.3. The minimum atomic E-state index is -1.92. The van der Waals surface area contributed by atoms with E-state index in [4.69, 9.17) is 13.9 Å². The molecule has 0 aliphatic carbocycles. The van der Waals surface area contributed by atoms with Crippen LogP contribution in [0.4, 0.5) is 9.59 Å². The Morgan fingerprint density at radius 1 is 1.12 bits per heavy atom. The van der Waals surface area contributed by atoms with Gasteiger partial charge in [-0.1, -0.05) is 20.8 Å². The molecule has 1 atom stereocenters. The summed E-state index contributed by atoms with van der Waals surface area (Å²) >= 11 is 0. The van der Waals surface area contributed by atoms with Gasteiger partial charge in [0.2, 0.25) is 0 Å². The Morgan fingerprint density at radius 2 is 1.69 bits per heavy atom. The monoisotopic (exact) mass is 470 g/mol. The number of amides is 2. The van der Waals surface area contributed by atoms with Crippen LogP contribution >= 0.6 is 0 Å². The summed E-state index contributed by atoms with van der Waals surface area (Å²) in [4.78, 5) is 28.6. The topological polar surface area (TPSA) is 68.3 Å². The Balaban J connectivity index is 1.91. The van der Waals surface area contributed by atoms with Gasteiger partial charge in [0.25, 0.3) is 0 Å². The van der Waals surface area contributed by atoms with Crippen LogP contribution in [-0.2, 0) is 13.9 Å². The first-order chi connectivity index (χ1) is 14.4. The largest absolute Gasteiger partial charge is 0.444 e. The molecule has 0 aromatic heterocycles. The Morgan fingerprint density at radius 3 is 2.19 bits per heavy atom. The molecule has 2 heterocycles. The molecule has 0 aromatic rings. The highest BCUT2D eigenvalue weighted by Crippen LogP contribution is 2.38. The minimum Gasteiger partial charge on any atom is -0.444 e. The molecule has 0 N–H and O–H groups in total. The lowest BCUT2D eigenvalue weighted by Gasteiger charge is -2.39. The summed E-state index contributed by atoms with van der Waals surface area (Å²) in [6, 6.07) is -0.0917. The zero-order valence-corrected chi connectivity index (χ0v) is 23.0. The van der Waals surface area contributed by atoms with E-state index in [1.54, 1.807) is 4.90 Å². The lowest BCUT2D eigenvalue weighted by molar-refractivity contribution is 0.0175. The maximum absolute atomic E-state index is 12.7. The first-order valence-electron chi connectivity index (χ1n) is 12.0.